The quantitative estimate of drug-likeness (QED) is 0.104. The molecule has 238 valence electrons. The highest BCUT2D eigenvalue weighted by Crippen LogP contribution is 2.59. The van der Waals surface area contributed by atoms with Crippen molar-refractivity contribution in [3.8, 4) is 0 Å². The van der Waals surface area contributed by atoms with Gasteiger partial charge in [0.05, 0.1) is 31.2 Å². The topological polar surface area (TPSA) is 143 Å². The van der Waals surface area contributed by atoms with Gasteiger partial charge in [0.1, 0.15) is 29.7 Å². The number of ether oxygens (including phenoxy) is 4. The molecule has 2 aliphatic carbocycles. The molecule has 4 rings (SSSR count). The number of hydrazine groups is 1. The van der Waals surface area contributed by atoms with E-state index in [9.17, 15) is 14.4 Å². The zero-order valence-corrected chi connectivity index (χ0v) is 26.2. The lowest BCUT2D eigenvalue weighted by atomic mass is 9.68. The lowest BCUT2D eigenvalue weighted by Crippen LogP contribution is -2.56. The second-order valence-corrected chi connectivity index (χ2v) is 13.5. The highest BCUT2D eigenvalue weighted by molar-refractivity contribution is 5.78. The molecule has 0 aromatic carbocycles. The fourth-order valence-corrected chi connectivity index (χ4v) is 6.99. The van der Waals surface area contributed by atoms with Crippen LogP contribution < -0.4 is 21.5 Å². The average molecular weight is 593 g/mol. The lowest BCUT2D eigenvalue weighted by molar-refractivity contribution is -0.121. The molecule has 2 amide bonds. The maximum Gasteiger partial charge on any atom is 0.407 e. The Labute approximate surface area is 250 Å². The minimum absolute atomic E-state index is 0.00829. The Morgan fingerprint density at radius 3 is 2.31 bits per heavy atom. The molecule has 4 aliphatic rings. The molecule has 4 unspecified atom stereocenters. The van der Waals surface area contributed by atoms with Crippen LogP contribution in [0, 0.1) is 11.8 Å². The first-order valence-electron chi connectivity index (χ1n) is 15.7. The van der Waals surface area contributed by atoms with Crippen molar-refractivity contribution >= 4 is 18.3 Å². The van der Waals surface area contributed by atoms with Crippen LogP contribution in [0.3, 0.4) is 0 Å². The van der Waals surface area contributed by atoms with Crippen molar-refractivity contribution in [1.29, 1.82) is 0 Å². The minimum atomic E-state index is -0.426. The first-order valence-corrected chi connectivity index (χ1v) is 15.7. The van der Waals surface area contributed by atoms with E-state index in [0.29, 0.717) is 25.4 Å². The van der Waals surface area contributed by atoms with E-state index in [4.69, 9.17) is 18.9 Å². The highest BCUT2D eigenvalue weighted by atomic mass is 16.6. The molecule has 11 nitrogen and oxygen atoms in total. The summed E-state index contributed by atoms with van der Waals surface area (Å²) in [5.41, 5.74) is 6.39. The summed E-state index contributed by atoms with van der Waals surface area (Å²) in [5, 5.41) is 6.09. The van der Waals surface area contributed by atoms with Crippen molar-refractivity contribution in [1.82, 2.24) is 21.5 Å². The summed E-state index contributed by atoms with van der Waals surface area (Å²) >= 11 is 0. The van der Waals surface area contributed by atoms with E-state index in [1.165, 1.54) is 5.57 Å². The number of hydrogen-bond donors (Lipinski definition) is 4. The third kappa shape index (κ3) is 8.31. The smallest absolute Gasteiger partial charge is 0.407 e. The summed E-state index contributed by atoms with van der Waals surface area (Å²) in [6.07, 6.45) is 8.13. The minimum Gasteiger partial charge on any atom is -0.443 e. The van der Waals surface area contributed by atoms with E-state index in [0.717, 1.165) is 44.8 Å². The molecule has 2 aliphatic heterocycles. The number of epoxide rings is 2. The molecule has 0 aromatic heterocycles. The summed E-state index contributed by atoms with van der Waals surface area (Å²) in [7, 11) is 1.68. The van der Waals surface area contributed by atoms with Gasteiger partial charge >= 0.3 is 6.09 Å². The maximum atomic E-state index is 13.0. The molecular formula is C31H52N4O7. The van der Waals surface area contributed by atoms with Crippen LogP contribution in [0.1, 0.15) is 86.0 Å². The molecule has 4 fully saturated rings. The van der Waals surface area contributed by atoms with E-state index in [2.05, 4.69) is 48.3 Å². The number of aldehydes is 1. The Morgan fingerprint density at radius 2 is 1.74 bits per heavy atom. The average Bonchev–Trinajstić information content (AvgIpc) is 3.85. The molecule has 0 aromatic rings. The standard InChI is InChI=1S/C31H52N4O7/c1-19(2)7-12-25-30(5,42-25)28-27(39-6)24(13-14-31(28)18-40-31)41-29(38)34-22-10-8-21(9-11-22)33-26(37)16-32-35-23(17-36)15-20(3)4/h7,17,20-25,27-28,32,35H,8-16,18H2,1-6H3,(H,33,37)(H,34,38)/t21-,22-,23-,24?,25+,27?,28?,30?,31-/m0/s1. The summed E-state index contributed by atoms with van der Waals surface area (Å²) in [6, 6.07) is -0.280. The van der Waals surface area contributed by atoms with Crippen molar-refractivity contribution < 1.29 is 33.3 Å². The van der Waals surface area contributed by atoms with Crippen LogP contribution >= 0.6 is 0 Å². The second kappa shape index (κ2) is 14.2. The van der Waals surface area contributed by atoms with Gasteiger partial charge in [-0.15, -0.1) is 0 Å². The normalized spacial score (nSPS) is 36.2. The predicted molar refractivity (Wildman–Crippen MR) is 158 cm³/mol. The van der Waals surface area contributed by atoms with Crippen molar-refractivity contribution in [2.24, 2.45) is 11.8 Å². The fraction of sp³-hybridized carbons (Fsp3) is 0.839. The summed E-state index contributed by atoms with van der Waals surface area (Å²) in [5.74, 6) is 0.236. The van der Waals surface area contributed by atoms with Gasteiger partial charge in [-0.2, -0.15) is 0 Å². The van der Waals surface area contributed by atoms with Gasteiger partial charge < -0.3 is 34.4 Å². The van der Waals surface area contributed by atoms with Crippen LogP contribution in [0.4, 0.5) is 4.79 Å². The SMILES string of the molecule is COC1C(OC(=O)N[C@H]2CC[C@H](NC(=O)CNN[C@H](C=O)CC(C)C)CC2)CC[C@]2(CO2)C1C1(C)O[C@@H]1CC=C(C)C. The highest BCUT2D eigenvalue weighted by Gasteiger charge is 2.72. The van der Waals surface area contributed by atoms with Crippen LogP contribution in [0.2, 0.25) is 0 Å². The third-order valence-electron chi connectivity index (χ3n) is 9.34. The molecule has 0 radical (unpaired) electrons. The van der Waals surface area contributed by atoms with Gasteiger partial charge in [0, 0.05) is 19.2 Å². The summed E-state index contributed by atoms with van der Waals surface area (Å²) in [6.45, 7) is 11.2. The van der Waals surface area contributed by atoms with E-state index < -0.39 is 6.09 Å². The molecule has 4 N–H and O–H groups in total. The Balaban J connectivity index is 1.20. The predicted octanol–water partition coefficient (Wildman–Crippen LogP) is 2.92. The van der Waals surface area contributed by atoms with Crippen LogP contribution in [0.5, 0.6) is 0 Å². The molecule has 2 saturated carbocycles. The third-order valence-corrected chi connectivity index (χ3v) is 9.34. The number of hydrogen-bond acceptors (Lipinski definition) is 9. The Morgan fingerprint density at radius 1 is 1.07 bits per heavy atom. The second-order valence-electron chi connectivity index (χ2n) is 13.5. The molecule has 2 saturated heterocycles. The van der Waals surface area contributed by atoms with Crippen LogP contribution in [0.15, 0.2) is 11.6 Å². The molecule has 42 heavy (non-hydrogen) atoms. The van der Waals surface area contributed by atoms with Crippen molar-refractivity contribution in [3.63, 3.8) is 0 Å². The zero-order chi connectivity index (χ0) is 30.5. The number of methoxy groups -OCH3 is 1. The number of allylic oxidation sites excluding steroid dienone is 1. The van der Waals surface area contributed by atoms with Gasteiger partial charge in [-0.05, 0) is 78.1 Å². The van der Waals surface area contributed by atoms with Crippen LogP contribution in [-0.4, -0.2) is 86.2 Å². The van der Waals surface area contributed by atoms with Gasteiger partial charge in [-0.25, -0.2) is 15.6 Å². The molecule has 0 bridgehead atoms. The lowest BCUT2D eigenvalue weighted by Gasteiger charge is -2.42. The fourth-order valence-electron chi connectivity index (χ4n) is 6.99. The molecule has 7 atom stereocenters. The summed E-state index contributed by atoms with van der Waals surface area (Å²) in [4.78, 5) is 36.5. The first kappa shape index (κ1) is 32.9. The number of carbonyl (C=O) groups is 3. The van der Waals surface area contributed by atoms with Crippen molar-refractivity contribution in [2.75, 3.05) is 20.3 Å². The summed E-state index contributed by atoms with van der Waals surface area (Å²) < 4.78 is 24.2. The Hall–Kier alpha value is -2.05. The van der Waals surface area contributed by atoms with Crippen molar-refractivity contribution in [2.45, 2.75) is 134 Å². The molecular weight excluding hydrogens is 540 g/mol. The number of carbonyl (C=O) groups excluding carboxylic acids is 3. The molecule has 1 spiro atoms. The van der Waals surface area contributed by atoms with Gasteiger partial charge in [-0.3, -0.25) is 4.79 Å². The number of amides is 2. The first-order chi connectivity index (χ1) is 20.0. The van der Waals surface area contributed by atoms with Crippen LogP contribution in [-0.2, 0) is 28.5 Å². The van der Waals surface area contributed by atoms with Gasteiger partial charge in [0.15, 0.2) is 0 Å². The Kier molecular flexibility index (Phi) is 11.1. The largest absolute Gasteiger partial charge is 0.443 e. The van der Waals surface area contributed by atoms with E-state index in [-0.39, 0.29) is 66.0 Å². The molecule has 2 heterocycles. The van der Waals surface area contributed by atoms with E-state index in [1.54, 1.807) is 7.11 Å². The van der Waals surface area contributed by atoms with Gasteiger partial charge in [0.2, 0.25) is 5.91 Å². The maximum absolute atomic E-state index is 13.0. The van der Waals surface area contributed by atoms with E-state index in [1.807, 2.05) is 13.8 Å². The van der Waals surface area contributed by atoms with Gasteiger partial charge in [-0.1, -0.05) is 25.5 Å². The van der Waals surface area contributed by atoms with E-state index >= 15 is 0 Å². The number of rotatable bonds is 14. The molecule has 11 heteroatoms. The monoisotopic (exact) mass is 592 g/mol. The number of alkyl carbamates (subject to hydrolysis) is 1. The zero-order valence-electron chi connectivity index (χ0n) is 26.2. The van der Waals surface area contributed by atoms with Crippen molar-refractivity contribution in [3.05, 3.63) is 11.6 Å². The number of nitrogens with one attached hydrogen (secondary N) is 4. The van der Waals surface area contributed by atoms with Gasteiger partial charge in [0.25, 0.3) is 0 Å². The van der Waals surface area contributed by atoms with Crippen LogP contribution in [0.25, 0.3) is 0 Å². The Bertz CT molecular complexity index is 974.